The van der Waals surface area contributed by atoms with Crippen molar-refractivity contribution in [3.63, 3.8) is 0 Å². The Hall–Kier alpha value is -2.84. The number of benzene rings is 2. The van der Waals surface area contributed by atoms with Gasteiger partial charge in [-0.15, -0.1) is 0 Å². The lowest BCUT2D eigenvalue weighted by Gasteiger charge is -2.20. The first-order valence-corrected chi connectivity index (χ1v) is 14.0. The highest BCUT2D eigenvalue weighted by atomic mass is 31.2. The molecule has 0 radical (unpaired) electrons. The summed E-state index contributed by atoms with van der Waals surface area (Å²) in [6, 6.07) is 12.7. The van der Waals surface area contributed by atoms with Crippen LogP contribution in [0.15, 0.2) is 48.7 Å². The number of fused-ring (bicyclic) bond motifs is 3. The average molecular weight is 517 g/mol. The number of nitrogens with two attached hydrogens (primary N) is 1. The van der Waals surface area contributed by atoms with Crippen LogP contribution in [0.1, 0.15) is 22.3 Å². The van der Waals surface area contributed by atoms with Crippen molar-refractivity contribution in [3.8, 4) is 5.75 Å². The number of hydrogen-bond acceptors (Lipinski definition) is 7. The van der Waals surface area contributed by atoms with Crippen LogP contribution in [0.3, 0.4) is 0 Å². The van der Waals surface area contributed by atoms with E-state index in [4.69, 9.17) is 20.0 Å². The van der Waals surface area contributed by atoms with E-state index in [1.807, 2.05) is 25.1 Å². The van der Waals surface area contributed by atoms with Gasteiger partial charge in [-0.05, 0) is 73.2 Å². The molecule has 2 atom stereocenters. The van der Waals surface area contributed by atoms with Gasteiger partial charge in [0.15, 0.2) is 5.82 Å². The Bertz CT molecular complexity index is 1540. The fourth-order valence-corrected chi connectivity index (χ4v) is 6.04. The van der Waals surface area contributed by atoms with E-state index >= 15 is 0 Å². The van der Waals surface area contributed by atoms with E-state index in [2.05, 4.69) is 16.0 Å². The van der Waals surface area contributed by atoms with Crippen LogP contribution in [0.4, 0.5) is 5.82 Å². The van der Waals surface area contributed by atoms with Gasteiger partial charge in [-0.1, -0.05) is 18.2 Å². The number of pyridine rings is 2. The Morgan fingerprint density at radius 1 is 1.00 bits per heavy atom. The van der Waals surface area contributed by atoms with Crippen molar-refractivity contribution in [1.29, 1.82) is 0 Å². The molecule has 2 unspecified atom stereocenters. The third-order valence-corrected chi connectivity index (χ3v) is 9.13. The Morgan fingerprint density at radius 2 is 1.74 bits per heavy atom. The molecule has 0 aliphatic heterocycles. The van der Waals surface area contributed by atoms with Crippen molar-refractivity contribution in [2.24, 2.45) is 0 Å². The molecule has 4 aromatic rings. The molecular formula is C23H25N3O7P2. The summed E-state index contributed by atoms with van der Waals surface area (Å²) in [5.74, 6) is 0.294. The molecule has 0 amide bonds. The second kappa shape index (κ2) is 9.32. The zero-order valence-corrected chi connectivity index (χ0v) is 20.8. The zero-order valence-electron chi connectivity index (χ0n) is 19.0. The number of aliphatic hydroxyl groups is 1. The zero-order chi connectivity index (χ0) is 25.5. The molecule has 10 nitrogen and oxygen atoms in total. The molecular weight excluding hydrogens is 492 g/mol. The molecule has 0 aliphatic rings. The van der Waals surface area contributed by atoms with Gasteiger partial charge in [0.05, 0.1) is 5.52 Å². The van der Waals surface area contributed by atoms with Crippen LogP contribution in [-0.4, -0.2) is 35.3 Å². The molecule has 12 heteroatoms. The summed E-state index contributed by atoms with van der Waals surface area (Å²) in [6.45, 7) is 3.78. The van der Waals surface area contributed by atoms with E-state index in [0.717, 1.165) is 38.5 Å². The number of aromatic nitrogens is 2. The van der Waals surface area contributed by atoms with Gasteiger partial charge in [-0.25, -0.2) is 9.55 Å². The van der Waals surface area contributed by atoms with Gasteiger partial charge in [0.25, 0.3) is 5.59 Å². The van der Waals surface area contributed by atoms with E-state index < -0.39 is 20.8 Å². The number of aliphatic hydroxyl groups excluding tert-OH is 1. The van der Waals surface area contributed by atoms with Crippen LogP contribution < -0.4 is 10.3 Å². The quantitative estimate of drug-likeness (QED) is 0.179. The van der Waals surface area contributed by atoms with Gasteiger partial charge < -0.3 is 30.0 Å². The predicted octanol–water partition coefficient (Wildman–Crippen LogP) is 3.79. The van der Waals surface area contributed by atoms with Gasteiger partial charge in [0.1, 0.15) is 11.3 Å². The number of hydrogen-bond donors (Lipinski definition) is 5. The highest BCUT2D eigenvalue weighted by molar-refractivity contribution is 7.71. The minimum Gasteiger partial charge on any atom is -0.422 e. The topological polar surface area (TPSA) is 176 Å². The Balaban J connectivity index is 1.55. The molecule has 6 N–H and O–H groups in total. The Labute approximate surface area is 201 Å². The number of anilines is 1. The lowest BCUT2D eigenvalue weighted by Crippen LogP contribution is -2.12. The van der Waals surface area contributed by atoms with Crippen LogP contribution in [0.2, 0.25) is 0 Å². The molecule has 184 valence electrons. The molecule has 0 bridgehead atoms. The van der Waals surface area contributed by atoms with Crippen molar-refractivity contribution in [2.45, 2.75) is 32.3 Å². The average Bonchev–Trinajstić information content (AvgIpc) is 2.77. The van der Waals surface area contributed by atoms with Crippen molar-refractivity contribution in [2.75, 3.05) is 5.73 Å². The lowest BCUT2D eigenvalue weighted by atomic mass is 9.99. The van der Waals surface area contributed by atoms with Gasteiger partial charge >= 0.3 is 15.2 Å². The number of rotatable bonds is 7. The maximum absolute atomic E-state index is 12.1. The van der Waals surface area contributed by atoms with Gasteiger partial charge in [-0.3, -0.25) is 9.55 Å². The Kier molecular flexibility index (Phi) is 6.72. The van der Waals surface area contributed by atoms with Crippen LogP contribution in [0.5, 0.6) is 5.75 Å². The molecule has 0 spiro atoms. The van der Waals surface area contributed by atoms with E-state index in [1.54, 1.807) is 19.2 Å². The van der Waals surface area contributed by atoms with Gasteiger partial charge in [-0.2, -0.15) is 0 Å². The van der Waals surface area contributed by atoms with Crippen LogP contribution in [-0.2, 0) is 22.0 Å². The molecule has 0 saturated heterocycles. The second-order valence-corrected chi connectivity index (χ2v) is 12.3. The summed E-state index contributed by atoms with van der Waals surface area (Å²) in [4.78, 5) is 36.7. The molecule has 2 heterocycles. The normalized spacial score (nSPS) is 14.7. The highest BCUT2D eigenvalue weighted by Crippen LogP contribution is 2.61. The molecule has 2 aromatic carbocycles. The summed E-state index contributed by atoms with van der Waals surface area (Å²) in [7, 11) is -10.2. The summed E-state index contributed by atoms with van der Waals surface area (Å²) >= 11 is 0. The van der Waals surface area contributed by atoms with E-state index in [1.165, 1.54) is 12.1 Å². The number of nitrogens with zero attached hydrogens (tertiary/aromatic N) is 2. The maximum Gasteiger partial charge on any atom is 0.417 e. The molecule has 4 rings (SSSR count). The van der Waals surface area contributed by atoms with Crippen LogP contribution >= 0.6 is 15.2 Å². The summed E-state index contributed by atoms with van der Waals surface area (Å²) in [5.41, 5.74) is 8.53. The van der Waals surface area contributed by atoms with E-state index in [9.17, 15) is 19.1 Å². The third-order valence-electron chi connectivity index (χ3n) is 5.70. The number of nitrogen functional groups attached to an aromatic ring is 1. The van der Waals surface area contributed by atoms with Crippen LogP contribution in [0.25, 0.3) is 21.8 Å². The molecule has 2 aromatic heterocycles. The number of aryl methyl sites for hydroxylation is 4. The Morgan fingerprint density at radius 3 is 2.43 bits per heavy atom. The molecule has 35 heavy (non-hydrogen) atoms. The lowest BCUT2D eigenvalue weighted by molar-refractivity contribution is 0.223. The minimum absolute atomic E-state index is 0.0818. The summed E-state index contributed by atoms with van der Waals surface area (Å²) in [6.07, 6.45) is 3.06. The standard InChI is InChI=1S/C23H25N3O7P2/c1-13-3-8-18-19-11-15(12-25-21(19)22(24)26-20(18)9-13)4-5-16-6-7-17(10-14(16)2)33-35(31,32)23(27)34(28,29)30/h3,6-12,23,27H,4-5H2,1-2H3,(H2,24,26)(H,31,32)(H2,28,29,30). The van der Waals surface area contributed by atoms with Crippen molar-refractivity contribution >= 4 is 42.8 Å². The van der Waals surface area contributed by atoms with Gasteiger partial charge in [0.2, 0.25) is 0 Å². The molecule has 0 fully saturated rings. The predicted molar refractivity (Wildman–Crippen MR) is 133 cm³/mol. The third kappa shape index (κ3) is 5.38. The largest absolute Gasteiger partial charge is 0.422 e. The van der Waals surface area contributed by atoms with Gasteiger partial charge in [0, 0.05) is 17.0 Å². The summed E-state index contributed by atoms with van der Waals surface area (Å²) in [5, 5.41) is 11.4. The maximum atomic E-state index is 12.1. The second-order valence-electron chi connectivity index (χ2n) is 8.44. The fourth-order valence-electron chi connectivity index (χ4n) is 3.87. The first-order chi connectivity index (χ1) is 16.3. The molecule has 0 saturated carbocycles. The molecule has 0 aliphatic carbocycles. The van der Waals surface area contributed by atoms with Crippen molar-refractivity contribution in [3.05, 3.63) is 70.9 Å². The van der Waals surface area contributed by atoms with Crippen molar-refractivity contribution < 1.29 is 33.4 Å². The fraction of sp³-hybridized carbons (Fsp3) is 0.217. The van der Waals surface area contributed by atoms with E-state index in [0.29, 0.717) is 24.2 Å². The van der Waals surface area contributed by atoms with E-state index in [-0.39, 0.29) is 5.75 Å². The monoisotopic (exact) mass is 517 g/mol. The smallest absolute Gasteiger partial charge is 0.417 e. The summed E-state index contributed by atoms with van der Waals surface area (Å²) < 4.78 is 28.0. The van der Waals surface area contributed by atoms with Crippen LogP contribution in [0, 0.1) is 13.8 Å². The minimum atomic E-state index is -5.22. The first kappa shape index (κ1) is 25.3. The SMILES string of the molecule is Cc1ccc2c(c1)nc(N)c1ncc(CCc3ccc(OP(=O)(O)C(O)P(=O)(O)O)cc3C)cc12. The first-order valence-electron chi connectivity index (χ1n) is 10.6. The highest BCUT2D eigenvalue weighted by Gasteiger charge is 2.45. The van der Waals surface area contributed by atoms with Crippen molar-refractivity contribution in [1.82, 2.24) is 9.97 Å².